The molecule has 152 valence electrons. The number of halogens is 2. The third kappa shape index (κ3) is 3.50. The number of ketones is 1. The fourth-order valence-electron chi connectivity index (χ4n) is 3.57. The van der Waals surface area contributed by atoms with Crippen LogP contribution in [0.1, 0.15) is 23.8 Å². The Bertz CT molecular complexity index is 1120. The number of aliphatic hydroxyl groups is 1. The third-order valence-electron chi connectivity index (χ3n) is 4.97. The minimum absolute atomic E-state index is 0.0354. The summed E-state index contributed by atoms with van der Waals surface area (Å²) >= 11 is 0. The number of anilines is 1. The summed E-state index contributed by atoms with van der Waals surface area (Å²) in [6.45, 7) is 0. The highest BCUT2D eigenvalue weighted by Gasteiger charge is 2.46. The van der Waals surface area contributed by atoms with Crippen LogP contribution in [0.3, 0.4) is 0 Å². The van der Waals surface area contributed by atoms with E-state index in [0.29, 0.717) is 12.5 Å². The van der Waals surface area contributed by atoms with Crippen molar-refractivity contribution in [3.8, 4) is 0 Å². The highest BCUT2D eigenvalue weighted by atomic mass is 19.1. The van der Waals surface area contributed by atoms with Crippen LogP contribution in [0.2, 0.25) is 0 Å². The van der Waals surface area contributed by atoms with E-state index in [4.69, 9.17) is 4.42 Å². The third-order valence-corrected chi connectivity index (χ3v) is 4.97. The Hall–Kier alpha value is -3.74. The molecule has 1 unspecified atom stereocenters. The van der Waals surface area contributed by atoms with Crippen LogP contribution in [0.4, 0.5) is 14.5 Å². The van der Waals surface area contributed by atoms with Gasteiger partial charge in [0.2, 0.25) is 0 Å². The van der Waals surface area contributed by atoms with Crippen molar-refractivity contribution in [3.05, 3.63) is 101 Å². The van der Waals surface area contributed by atoms with Gasteiger partial charge in [0.15, 0.2) is 11.5 Å². The highest BCUT2D eigenvalue weighted by Crippen LogP contribution is 2.42. The van der Waals surface area contributed by atoms with Crippen LogP contribution >= 0.6 is 0 Å². The zero-order valence-electron chi connectivity index (χ0n) is 15.7. The molecule has 0 saturated carbocycles. The fraction of sp³-hybridized carbons (Fsp3) is 0.130. The first-order valence-electron chi connectivity index (χ1n) is 9.29. The van der Waals surface area contributed by atoms with Crippen molar-refractivity contribution in [1.29, 1.82) is 0 Å². The molecule has 1 aromatic heterocycles. The number of nitrogens with zero attached hydrogens (tertiary/aromatic N) is 1. The fourth-order valence-corrected chi connectivity index (χ4v) is 3.57. The first-order chi connectivity index (χ1) is 14.5. The van der Waals surface area contributed by atoms with Crippen molar-refractivity contribution >= 4 is 17.4 Å². The number of furan rings is 1. The molecule has 0 saturated heterocycles. The number of hydrogen-bond acceptors (Lipinski definition) is 4. The summed E-state index contributed by atoms with van der Waals surface area (Å²) in [5.41, 5.74) is 0.487. The lowest BCUT2D eigenvalue weighted by molar-refractivity contribution is -0.118. The number of benzene rings is 2. The maximum Gasteiger partial charge on any atom is 0.294 e. The van der Waals surface area contributed by atoms with E-state index in [-0.39, 0.29) is 23.4 Å². The molecular formula is C23H17F2NO4. The molecule has 5 nitrogen and oxygen atoms in total. The molecule has 1 aliphatic rings. The van der Waals surface area contributed by atoms with Crippen LogP contribution in [0, 0.1) is 11.6 Å². The number of rotatable bonds is 6. The average molecular weight is 409 g/mol. The van der Waals surface area contributed by atoms with E-state index >= 15 is 0 Å². The number of carbonyl (C=O) groups excluding carboxylic acids is 2. The lowest BCUT2D eigenvalue weighted by atomic mass is 9.96. The number of amides is 1. The second-order valence-electron chi connectivity index (χ2n) is 6.86. The molecule has 30 heavy (non-hydrogen) atoms. The maximum absolute atomic E-state index is 14.5. The number of Topliss-reactive ketones (excluding diaryl/α,β-unsaturated/α-hetero) is 1. The molecule has 0 aliphatic carbocycles. The monoisotopic (exact) mass is 409 g/mol. The van der Waals surface area contributed by atoms with Gasteiger partial charge in [-0.1, -0.05) is 30.3 Å². The summed E-state index contributed by atoms with van der Waals surface area (Å²) in [7, 11) is 0. The van der Waals surface area contributed by atoms with E-state index in [1.165, 1.54) is 12.3 Å². The Morgan fingerprint density at radius 1 is 1.07 bits per heavy atom. The second-order valence-corrected chi connectivity index (χ2v) is 6.86. The Balaban J connectivity index is 1.71. The van der Waals surface area contributed by atoms with Crippen LogP contribution < -0.4 is 4.90 Å². The van der Waals surface area contributed by atoms with Crippen molar-refractivity contribution in [2.24, 2.45) is 0 Å². The first kappa shape index (κ1) is 19.6. The Kier molecular flexibility index (Phi) is 5.18. The van der Waals surface area contributed by atoms with E-state index < -0.39 is 35.1 Å². The van der Waals surface area contributed by atoms with E-state index in [9.17, 15) is 23.5 Å². The summed E-state index contributed by atoms with van der Waals surface area (Å²) < 4.78 is 33.2. The summed E-state index contributed by atoms with van der Waals surface area (Å²) in [6, 6.07) is 13.9. The molecule has 0 fully saturated rings. The van der Waals surface area contributed by atoms with Gasteiger partial charge in [0.05, 0.1) is 17.5 Å². The lowest BCUT2D eigenvalue weighted by Gasteiger charge is -2.25. The van der Waals surface area contributed by atoms with Gasteiger partial charge in [-0.05, 0) is 36.2 Å². The lowest BCUT2D eigenvalue weighted by Crippen LogP contribution is -2.31. The predicted octanol–water partition coefficient (Wildman–Crippen LogP) is 4.66. The number of aryl methyl sites for hydroxylation is 1. The van der Waals surface area contributed by atoms with Gasteiger partial charge in [-0.25, -0.2) is 8.78 Å². The number of carbonyl (C=O) groups is 2. The molecule has 0 bridgehead atoms. The Morgan fingerprint density at radius 2 is 1.83 bits per heavy atom. The molecule has 4 rings (SSSR count). The van der Waals surface area contributed by atoms with Gasteiger partial charge >= 0.3 is 0 Å². The average Bonchev–Trinajstić information content (AvgIpc) is 3.35. The van der Waals surface area contributed by atoms with Gasteiger partial charge in [-0.15, -0.1) is 0 Å². The minimum Gasteiger partial charge on any atom is -0.503 e. The quantitative estimate of drug-likeness (QED) is 0.643. The summed E-state index contributed by atoms with van der Waals surface area (Å²) in [5, 5.41) is 10.5. The van der Waals surface area contributed by atoms with Crippen LogP contribution in [0.25, 0.3) is 0 Å². The summed E-state index contributed by atoms with van der Waals surface area (Å²) in [5.74, 6) is -3.81. The molecule has 1 N–H and O–H groups in total. The molecule has 2 heterocycles. The summed E-state index contributed by atoms with van der Waals surface area (Å²) in [4.78, 5) is 26.7. The van der Waals surface area contributed by atoms with Crippen molar-refractivity contribution in [3.63, 3.8) is 0 Å². The molecular weight excluding hydrogens is 392 g/mol. The van der Waals surface area contributed by atoms with Gasteiger partial charge in [-0.2, -0.15) is 0 Å². The first-order valence-corrected chi connectivity index (χ1v) is 9.29. The second kappa shape index (κ2) is 7.94. The smallest absolute Gasteiger partial charge is 0.294 e. The van der Waals surface area contributed by atoms with Gasteiger partial charge < -0.3 is 9.52 Å². The van der Waals surface area contributed by atoms with E-state index in [2.05, 4.69) is 0 Å². The van der Waals surface area contributed by atoms with Gasteiger partial charge in [-0.3, -0.25) is 14.5 Å². The highest BCUT2D eigenvalue weighted by molar-refractivity contribution is 6.16. The molecule has 0 radical (unpaired) electrons. The van der Waals surface area contributed by atoms with Crippen molar-refractivity contribution in [1.82, 2.24) is 0 Å². The van der Waals surface area contributed by atoms with Crippen molar-refractivity contribution in [2.75, 3.05) is 4.90 Å². The zero-order chi connectivity index (χ0) is 21.3. The normalized spacial score (nSPS) is 16.4. The molecule has 1 amide bonds. The van der Waals surface area contributed by atoms with Crippen LogP contribution in [0.5, 0.6) is 0 Å². The van der Waals surface area contributed by atoms with Gasteiger partial charge in [0, 0.05) is 12.5 Å². The van der Waals surface area contributed by atoms with E-state index in [0.717, 1.165) is 22.6 Å². The maximum atomic E-state index is 14.5. The van der Waals surface area contributed by atoms with Crippen LogP contribution in [-0.2, 0) is 16.0 Å². The predicted molar refractivity (Wildman–Crippen MR) is 105 cm³/mol. The summed E-state index contributed by atoms with van der Waals surface area (Å²) in [6.07, 6.45) is 1.79. The van der Waals surface area contributed by atoms with Crippen molar-refractivity contribution in [2.45, 2.75) is 18.9 Å². The standard InChI is InChI=1S/C23H17F2NO4/c24-15-9-10-17(16(25)13-15)26-21(19-7-4-12-30-19)20(22(28)23(26)29)18(27)11-8-14-5-2-1-3-6-14/h1-7,9-10,12-13,21,28H,8,11H2. The zero-order valence-corrected chi connectivity index (χ0v) is 15.7. The molecule has 3 aromatic rings. The molecule has 1 atom stereocenters. The Labute approximate surface area is 170 Å². The topological polar surface area (TPSA) is 70.8 Å². The molecule has 0 spiro atoms. The number of hydrogen-bond donors (Lipinski definition) is 1. The van der Waals surface area contributed by atoms with Crippen molar-refractivity contribution < 1.29 is 27.9 Å². The SMILES string of the molecule is O=C(CCc1ccccc1)C1=C(O)C(=O)N(c2ccc(F)cc2F)C1c1ccco1. The van der Waals surface area contributed by atoms with E-state index in [1.807, 2.05) is 30.3 Å². The van der Waals surface area contributed by atoms with Gasteiger partial charge in [0.1, 0.15) is 23.4 Å². The molecule has 2 aromatic carbocycles. The largest absolute Gasteiger partial charge is 0.503 e. The van der Waals surface area contributed by atoms with Crippen LogP contribution in [-0.4, -0.2) is 16.8 Å². The number of aliphatic hydroxyl groups excluding tert-OH is 1. The van der Waals surface area contributed by atoms with E-state index in [1.54, 1.807) is 6.07 Å². The van der Waals surface area contributed by atoms with Crippen LogP contribution in [0.15, 0.2) is 82.7 Å². The van der Waals surface area contributed by atoms with Gasteiger partial charge in [0.25, 0.3) is 5.91 Å². The minimum atomic E-state index is -1.16. The Morgan fingerprint density at radius 3 is 2.50 bits per heavy atom. The molecule has 1 aliphatic heterocycles. The molecule has 7 heteroatoms.